The minimum atomic E-state index is -0.694. The Morgan fingerprint density at radius 2 is 2.00 bits per heavy atom. The molecule has 0 spiro atoms. The molecule has 0 fully saturated rings. The highest BCUT2D eigenvalue weighted by atomic mass is 35.5. The second-order valence-corrected chi connectivity index (χ2v) is 6.15. The van der Waals surface area contributed by atoms with E-state index in [4.69, 9.17) is 21.1 Å². The van der Waals surface area contributed by atoms with Crippen molar-refractivity contribution in [3.05, 3.63) is 47.1 Å². The number of hydrogen-bond acceptors (Lipinski definition) is 6. The average Bonchev–Trinajstić information content (AvgIpc) is 2.67. The third-order valence-corrected chi connectivity index (χ3v) is 4.20. The molecular formula is C18H17ClFN5O3. The van der Waals surface area contributed by atoms with Crippen molar-refractivity contribution < 1.29 is 18.7 Å². The first kappa shape index (κ1) is 19.7. The van der Waals surface area contributed by atoms with E-state index in [1.807, 2.05) is 6.92 Å². The van der Waals surface area contributed by atoms with Gasteiger partial charge in [0.15, 0.2) is 5.82 Å². The summed E-state index contributed by atoms with van der Waals surface area (Å²) in [4.78, 5) is 24.8. The maximum Gasteiger partial charge on any atom is 0.323 e. The van der Waals surface area contributed by atoms with E-state index in [0.717, 1.165) is 6.07 Å². The number of amides is 2. The van der Waals surface area contributed by atoms with Gasteiger partial charge in [-0.3, -0.25) is 4.98 Å². The number of urea groups is 1. The number of carbonyl (C=O) groups is 1. The number of anilines is 2. The molecule has 10 heteroatoms. The Bertz CT molecular complexity index is 1030. The van der Waals surface area contributed by atoms with Gasteiger partial charge in [-0.25, -0.2) is 19.2 Å². The smallest absolute Gasteiger partial charge is 0.323 e. The molecule has 0 radical (unpaired) electrons. The molecule has 0 aliphatic rings. The number of aromatic nitrogens is 3. The summed E-state index contributed by atoms with van der Waals surface area (Å²) in [6.45, 7) is 1.81. The zero-order valence-electron chi connectivity index (χ0n) is 15.3. The fourth-order valence-electron chi connectivity index (χ4n) is 2.62. The summed E-state index contributed by atoms with van der Waals surface area (Å²) in [6, 6.07) is 3.85. The molecule has 0 aliphatic heterocycles. The van der Waals surface area contributed by atoms with Crippen LogP contribution in [0.25, 0.3) is 11.0 Å². The predicted molar refractivity (Wildman–Crippen MR) is 103 cm³/mol. The Morgan fingerprint density at radius 3 is 2.68 bits per heavy atom. The standard InChI is InChI=1S/C18H17ClFN5O3/c1-9(27-2)15-13(8-21-12-4-5-14(19)25-16(12)15)24-18(26)23-10-6-11(20)17(28-3)22-7-10/h4-9H,1-3H3,(H2,23,24,26). The fraction of sp³-hybridized carbons (Fsp3) is 0.222. The van der Waals surface area contributed by atoms with E-state index in [9.17, 15) is 9.18 Å². The van der Waals surface area contributed by atoms with Crippen LogP contribution in [0.3, 0.4) is 0 Å². The second kappa shape index (κ2) is 8.32. The molecule has 2 amide bonds. The maximum atomic E-state index is 13.7. The van der Waals surface area contributed by atoms with Crippen LogP contribution in [0.15, 0.2) is 30.6 Å². The average molecular weight is 406 g/mol. The Morgan fingerprint density at radius 1 is 1.21 bits per heavy atom. The highest BCUT2D eigenvalue weighted by Crippen LogP contribution is 2.31. The van der Waals surface area contributed by atoms with Crippen LogP contribution in [0.4, 0.5) is 20.6 Å². The number of halogens is 2. The van der Waals surface area contributed by atoms with E-state index in [2.05, 4.69) is 25.6 Å². The largest absolute Gasteiger partial charge is 0.479 e. The Hall–Kier alpha value is -3.04. The lowest BCUT2D eigenvalue weighted by Gasteiger charge is -2.18. The number of pyridine rings is 3. The monoisotopic (exact) mass is 405 g/mol. The maximum absolute atomic E-state index is 13.7. The van der Waals surface area contributed by atoms with Crippen LogP contribution in [-0.4, -0.2) is 35.2 Å². The van der Waals surface area contributed by atoms with Gasteiger partial charge >= 0.3 is 6.03 Å². The number of hydrogen-bond donors (Lipinski definition) is 2. The number of nitrogens with zero attached hydrogens (tertiary/aromatic N) is 3. The molecule has 3 aromatic rings. The topological polar surface area (TPSA) is 98.3 Å². The van der Waals surface area contributed by atoms with Gasteiger partial charge in [0, 0.05) is 18.7 Å². The Kier molecular flexibility index (Phi) is 5.86. The summed E-state index contributed by atoms with van der Waals surface area (Å²) in [5, 5.41) is 5.47. The van der Waals surface area contributed by atoms with Gasteiger partial charge in [0.05, 0.1) is 48.0 Å². The van der Waals surface area contributed by atoms with Crippen molar-refractivity contribution in [3.8, 4) is 5.88 Å². The van der Waals surface area contributed by atoms with Gasteiger partial charge < -0.3 is 20.1 Å². The van der Waals surface area contributed by atoms with Gasteiger partial charge in [-0.1, -0.05) is 11.6 Å². The Balaban J connectivity index is 1.90. The molecule has 0 saturated heterocycles. The van der Waals surface area contributed by atoms with Crippen molar-refractivity contribution in [2.45, 2.75) is 13.0 Å². The summed E-state index contributed by atoms with van der Waals surface area (Å²) in [5.74, 6) is -0.857. The fourth-order valence-corrected chi connectivity index (χ4v) is 2.77. The highest BCUT2D eigenvalue weighted by Gasteiger charge is 2.19. The van der Waals surface area contributed by atoms with Gasteiger partial charge in [0.2, 0.25) is 5.88 Å². The van der Waals surface area contributed by atoms with E-state index in [1.54, 1.807) is 12.1 Å². The molecule has 3 heterocycles. The lowest BCUT2D eigenvalue weighted by atomic mass is 10.1. The number of ether oxygens (including phenoxy) is 2. The number of fused-ring (bicyclic) bond motifs is 1. The van der Waals surface area contributed by atoms with E-state index in [0.29, 0.717) is 27.4 Å². The van der Waals surface area contributed by atoms with Gasteiger partial charge in [-0.05, 0) is 19.1 Å². The summed E-state index contributed by atoms with van der Waals surface area (Å²) in [5.41, 5.74) is 2.28. The third kappa shape index (κ3) is 4.10. The normalized spacial score (nSPS) is 11.9. The van der Waals surface area contributed by atoms with Crippen LogP contribution >= 0.6 is 11.6 Å². The van der Waals surface area contributed by atoms with Gasteiger partial charge in [0.1, 0.15) is 5.15 Å². The minimum absolute atomic E-state index is 0.159. The van der Waals surface area contributed by atoms with Crippen molar-refractivity contribution in [1.29, 1.82) is 0 Å². The molecule has 2 N–H and O–H groups in total. The number of methoxy groups -OCH3 is 2. The molecule has 8 nitrogen and oxygen atoms in total. The summed E-state index contributed by atoms with van der Waals surface area (Å²) in [6.07, 6.45) is 2.38. The minimum Gasteiger partial charge on any atom is -0.479 e. The molecule has 3 aromatic heterocycles. The highest BCUT2D eigenvalue weighted by molar-refractivity contribution is 6.29. The molecule has 3 rings (SSSR count). The third-order valence-electron chi connectivity index (χ3n) is 3.98. The summed E-state index contributed by atoms with van der Waals surface area (Å²) < 4.78 is 23.9. The quantitative estimate of drug-likeness (QED) is 0.618. The first-order valence-corrected chi connectivity index (χ1v) is 8.56. The molecule has 0 aromatic carbocycles. The lowest BCUT2D eigenvalue weighted by molar-refractivity contribution is 0.121. The van der Waals surface area contributed by atoms with Crippen LogP contribution in [0.5, 0.6) is 5.88 Å². The van der Waals surface area contributed by atoms with Crippen LogP contribution < -0.4 is 15.4 Å². The SMILES string of the molecule is COc1ncc(NC(=O)Nc2cnc3ccc(Cl)nc3c2C(C)OC)cc1F. The molecule has 1 unspecified atom stereocenters. The Labute approximate surface area is 165 Å². The zero-order valence-corrected chi connectivity index (χ0v) is 16.0. The van der Waals surface area contributed by atoms with E-state index >= 15 is 0 Å². The van der Waals surface area contributed by atoms with Gasteiger partial charge in [-0.2, -0.15) is 0 Å². The van der Waals surface area contributed by atoms with Crippen molar-refractivity contribution in [2.75, 3.05) is 24.9 Å². The predicted octanol–water partition coefficient (Wildman–Crippen LogP) is 4.18. The number of rotatable bonds is 5. The van der Waals surface area contributed by atoms with Gasteiger partial charge in [0.25, 0.3) is 0 Å². The van der Waals surface area contributed by atoms with Crippen LogP contribution in [-0.2, 0) is 4.74 Å². The van der Waals surface area contributed by atoms with Crippen molar-refractivity contribution in [3.63, 3.8) is 0 Å². The van der Waals surface area contributed by atoms with Crippen molar-refractivity contribution in [2.24, 2.45) is 0 Å². The summed E-state index contributed by atoms with van der Waals surface area (Å²) >= 11 is 6.01. The molecule has 1 atom stereocenters. The number of nitrogens with one attached hydrogen (secondary N) is 2. The molecule has 146 valence electrons. The van der Waals surface area contributed by atoms with E-state index in [-0.39, 0.29) is 11.6 Å². The summed E-state index contributed by atoms with van der Waals surface area (Å²) in [7, 11) is 2.84. The molecule has 28 heavy (non-hydrogen) atoms. The molecule has 0 aliphatic carbocycles. The van der Waals surface area contributed by atoms with E-state index < -0.39 is 18.0 Å². The van der Waals surface area contributed by atoms with Crippen LogP contribution in [0.2, 0.25) is 5.15 Å². The van der Waals surface area contributed by atoms with Crippen molar-refractivity contribution in [1.82, 2.24) is 15.0 Å². The van der Waals surface area contributed by atoms with Crippen LogP contribution in [0.1, 0.15) is 18.6 Å². The molecule has 0 bridgehead atoms. The molecular weight excluding hydrogens is 389 g/mol. The van der Waals surface area contributed by atoms with Crippen LogP contribution in [0, 0.1) is 5.82 Å². The van der Waals surface area contributed by atoms with Crippen molar-refractivity contribution >= 4 is 40.0 Å². The van der Waals surface area contributed by atoms with E-state index in [1.165, 1.54) is 26.6 Å². The lowest BCUT2D eigenvalue weighted by Crippen LogP contribution is -2.21. The van der Waals surface area contributed by atoms with Gasteiger partial charge in [-0.15, -0.1) is 0 Å². The first-order valence-electron chi connectivity index (χ1n) is 8.18. The molecule has 0 saturated carbocycles. The number of carbonyl (C=O) groups excluding carboxylic acids is 1. The second-order valence-electron chi connectivity index (χ2n) is 5.76. The first-order chi connectivity index (χ1) is 13.4. The zero-order chi connectivity index (χ0) is 20.3.